The molecule has 2 atom stereocenters. The van der Waals surface area contributed by atoms with E-state index in [0.717, 1.165) is 12.5 Å². The van der Waals surface area contributed by atoms with Gasteiger partial charge in [0.1, 0.15) is 0 Å². The largest absolute Gasteiger partial charge is 0.316 e. The van der Waals surface area contributed by atoms with Crippen molar-refractivity contribution < 1.29 is 0 Å². The normalized spacial score (nSPS) is 40.3. The van der Waals surface area contributed by atoms with E-state index in [9.17, 15) is 0 Å². The second kappa shape index (κ2) is 1.80. The van der Waals surface area contributed by atoms with E-state index in [4.69, 9.17) is 5.73 Å². The molecule has 0 aromatic heterocycles. The van der Waals surface area contributed by atoms with Gasteiger partial charge in [-0.25, -0.2) is 0 Å². The zero-order valence-corrected chi connectivity index (χ0v) is 4.65. The first-order chi connectivity index (χ1) is 3.34. The highest BCUT2D eigenvalue weighted by atomic mass is 15.1. The molecule has 1 aliphatic heterocycles. The molecule has 0 bridgehead atoms. The van der Waals surface area contributed by atoms with Gasteiger partial charge in [-0.1, -0.05) is 6.92 Å². The van der Waals surface area contributed by atoms with E-state index in [1.807, 2.05) is 0 Å². The van der Waals surface area contributed by atoms with E-state index in [1.165, 1.54) is 6.42 Å². The summed E-state index contributed by atoms with van der Waals surface area (Å²) in [6.45, 7) is 3.29. The molecule has 2 nitrogen and oxygen atoms in total. The van der Waals surface area contributed by atoms with E-state index in [1.54, 1.807) is 0 Å². The van der Waals surface area contributed by atoms with Crippen LogP contribution in [0.4, 0.5) is 0 Å². The molecule has 2 unspecified atom stereocenters. The molecule has 1 aliphatic rings. The minimum atomic E-state index is 0.296. The first kappa shape index (κ1) is 5.06. The summed E-state index contributed by atoms with van der Waals surface area (Å²) in [7, 11) is 0. The molecule has 0 aromatic carbocycles. The van der Waals surface area contributed by atoms with Crippen molar-refractivity contribution in [3.8, 4) is 0 Å². The van der Waals surface area contributed by atoms with Crippen LogP contribution in [0.5, 0.6) is 0 Å². The Bertz CT molecular complexity index is 61.1. The number of hydrogen-bond donors (Lipinski definition) is 2. The molecule has 1 rings (SSSR count). The van der Waals surface area contributed by atoms with Crippen molar-refractivity contribution in [1.82, 2.24) is 5.32 Å². The lowest BCUT2D eigenvalue weighted by Crippen LogP contribution is -2.58. The van der Waals surface area contributed by atoms with Gasteiger partial charge < -0.3 is 11.1 Å². The van der Waals surface area contributed by atoms with Crippen LogP contribution in [-0.2, 0) is 0 Å². The summed E-state index contributed by atoms with van der Waals surface area (Å²) in [5.74, 6) is 0.750. The maximum absolute atomic E-state index is 5.52. The van der Waals surface area contributed by atoms with Gasteiger partial charge in [0.15, 0.2) is 0 Å². The van der Waals surface area contributed by atoms with Gasteiger partial charge >= 0.3 is 0 Å². The second-order valence-corrected chi connectivity index (χ2v) is 2.10. The molecule has 3 N–H and O–H groups in total. The number of nitrogens with one attached hydrogen (secondary N) is 1. The monoisotopic (exact) mass is 100 g/mol. The van der Waals surface area contributed by atoms with Gasteiger partial charge in [0.05, 0.1) is 6.17 Å². The molecule has 1 saturated heterocycles. The predicted octanol–water partition coefficient (Wildman–Crippen LogP) is -0.0994. The maximum atomic E-state index is 5.52. The third kappa shape index (κ3) is 0.763. The lowest BCUT2D eigenvalue weighted by atomic mass is 9.96. The molecule has 1 heterocycles. The molecule has 0 saturated carbocycles. The smallest absolute Gasteiger partial charge is 0.0587 e. The third-order valence-corrected chi connectivity index (χ3v) is 1.65. The SMILES string of the molecule is CCC1CNC1N. The molecular formula is C5H12N2. The van der Waals surface area contributed by atoms with Crippen LogP contribution in [0.1, 0.15) is 13.3 Å². The van der Waals surface area contributed by atoms with Crippen LogP contribution in [0.2, 0.25) is 0 Å². The minimum absolute atomic E-state index is 0.296. The quantitative estimate of drug-likeness (QED) is 0.483. The first-order valence-corrected chi connectivity index (χ1v) is 2.83. The highest BCUT2D eigenvalue weighted by molar-refractivity contribution is 4.81. The van der Waals surface area contributed by atoms with Crippen LogP contribution >= 0.6 is 0 Å². The Morgan fingerprint density at radius 1 is 1.86 bits per heavy atom. The fraction of sp³-hybridized carbons (Fsp3) is 1.00. The number of hydrogen-bond acceptors (Lipinski definition) is 2. The van der Waals surface area contributed by atoms with Crippen molar-refractivity contribution in [2.45, 2.75) is 19.5 Å². The van der Waals surface area contributed by atoms with Gasteiger partial charge in [-0.05, 0) is 12.3 Å². The first-order valence-electron chi connectivity index (χ1n) is 2.83. The zero-order valence-electron chi connectivity index (χ0n) is 4.65. The summed E-state index contributed by atoms with van der Waals surface area (Å²) in [5, 5.41) is 3.09. The lowest BCUT2D eigenvalue weighted by molar-refractivity contribution is 0.232. The average molecular weight is 100 g/mol. The molecule has 0 radical (unpaired) electrons. The van der Waals surface area contributed by atoms with Gasteiger partial charge in [0, 0.05) is 6.54 Å². The van der Waals surface area contributed by atoms with Gasteiger partial charge in [0.25, 0.3) is 0 Å². The molecule has 7 heavy (non-hydrogen) atoms. The van der Waals surface area contributed by atoms with E-state index in [2.05, 4.69) is 12.2 Å². The van der Waals surface area contributed by atoms with Crippen molar-refractivity contribution in [2.24, 2.45) is 11.7 Å². The Morgan fingerprint density at radius 2 is 2.57 bits per heavy atom. The summed E-state index contributed by atoms with van der Waals surface area (Å²) in [5.41, 5.74) is 5.52. The molecule has 0 spiro atoms. The topological polar surface area (TPSA) is 38.0 Å². The van der Waals surface area contributed by atoms with Crippen LogP contribution in [0, 0.1) is 5.92 Å². The lowest BCUT2D eigenvalue weighted by Gasteiger charge is -2.34. The van der Waals surface area contributed by atoms with Gasteiger partial charge in [-0.15, -0.1) is 0 Å². The highest BCUT2D eigenvalue weighted by Crippen LogP contribution is 2.10. The Hall–Kier alpha value is -0.0800. The average Bonchev–Trinajstić information content (AvgIpc) is 1.65. The molecular weight excluding hydrogens is 88.1 g/mol. The molecule has 42 valence electrons. The maximum Gasteiger partial charge on any atom is 0.0587 e. The summed E-state index contributed by atoms with van der Waals surface area (Å²) in [6.07, 6.45) is 1.51. The fourth-order valence-electron chi connectivity index (χ4n) is 0.819. The van der Waals surface area contributed by atoms with Gasteiger partial charge in [0.2, 0.25) is 0 Å². The fourth-order valence-corrected chi connectivity index (χ4v) is 0.819. The second-order valence-electron chi connectivity index (χ2n) is 2.10. The standard InChI is InChI=1S/C5H12N2/c1-2-4-3-7-5(4)6/h4-5,7H,2-3,6H2,1H3. The van der Waals surface area contributed by atoms with Crippen molar-refractivity contribution in [2.75, 3.05) is 6.54 Å². The predicted molar refractivity (Wildman–Crippen MR) is 29.8 cm³/mol. The van der Waals surface area contributed by atoms with E-state index >= 15 is 0 Å². The summed E-state index contributed by atoms with van der Waals surface area (Å²) >= 11 is 0. The van der Waals surface area contributed by atoms with Crippen molar-refractivity contribution in [3.05, 3.63) is 0 Å². The molecule has 0 amide bonds. The Balaban J connectivity index is 2.16. The van der Waals surface area contributed by atoms with E-state index in [0.29, 0.717) is 6.17 Å². The van der Waals surface area contributed by atoms with E-state index < -0.39 is 0 Å². The van der Waals surface area contributed by atoms with Crippen LogP contribution in [-0.4, -0.2) is 12.7 Å². The van der Waals surface area contributed by atoms with Crippen molar-refractivity contribution in [1.29, 1.82) is 0 Å². The summed E-state index contributed by atoms with van der Waals surface area (Å²) in [4.78, 5) is 0. The molecule has 0 aliphatic carbocycles. The van der Waals surface area contributed by atoms with Crippen molar-refractivity contribution in [3.63, 3.8) is 0 Å². The van der Waals surface area contributed by atoms with Gasteiger partial charge in [-0.3, -0.25) is 0 Å². The number of nitrogens with two attached hydrogens (primary N) is 1. The molecule has 0 aromatic rings. The van der Waals surface area contributed by atoms with Crippen LogP contribution in [0.3, 0.4) is 0 Å². The summed E-state index contributed by atoms with van der Waals surface area (Å²) in [6, 6.07) is 0. The summed E-state index contributed by atoms with van der Waals surface area (Å²) < 4.78 is 0. The highest BCUT2D eigenvalue weighted by Gasteiger charge is 2.23. The van der Waals surface area contributed by atoms with E-state index in [-0.39, 0.29) is 0 Å². The number of rotatable bonds is 1. The molecule has 1 fully saturated rings. The Kier molecular flexibility index (Phi) is 1.30. The third-order valence-electron chi connectivity index (χ3n) is 1.65. The van der Waals surface area contributed by atoms with Crippen molar-refractivity contribution >= 4 is 0 Å². The zero-order chi connectivity index (χ0) is 5.28. The minimum Gasteiger partial charge on any atom is -0.316 e. The Morgan fingerprint density at radius 3 is 2.57 bits per heavy atom. The van der Waals surface area contributed by atoms with Crippen LogP contribution < -0.4 is 11.1 Å². The Labute approximate surface area is 44.1 Å². The van der Waals surface area contributed by atoms with Gasteiger partial charge in [-0.2, -0.15) is 0 Å². The van der Waals surface area contributed by atoms with Crippen LogP contribution in [0.25, 0.3) is 0 Å². The molecule has 2 heteroatoms. The van der Waals surface area contributed by atoms with Crippen LogP contribution in [0.15, 0.2) is 0 Å².